The van der Waals surface area contributed by atoms with Gasteiger partial charge in [-0.1, -0.05) is 24.3 Å². The Kier molecular flexibility index (Phi) is 7.49. The predicted octanol–water partition coefficient (Wildman–Crippen LogP) is 4.56. The normalized spacial score (nSPS) is 11.2. The number of amides is 1. The molecule has 1 heterocycles. The maximum absolute atomic E-state index is 10.7. The standard InChI is InChI=1S/C24H24N4O4/c1-16(27-24(29)30)11-17-3-9-21(10-4-17)32-23-13-19(14-25)12-22(28-23)26-15-18-5-7-20(31-2)8-6-18/h3-10,12-13,16,27H,11,15H2,1-2H3,(H,26,28)(H,29,30). The van der Waals surface area contributed by atoms with Gasteiger partial charge in [0.2, 0.25) is 5.88 Å². The third-order valence-corrected chi connectivity index (χ3v) is 4.62. The van der Waals surface area contributed by atoms with Gasteiger partial charge in [-0.15, -0.1) is 0 Å². The number of nitrogens with zero attached hydrogens (tertiary/aromatic N) is 2. The summed E-state index contributed by atoms with van der Waals surface area (Å²) in [6.45, 7) is 2.33. The van der Waals surface area contributed by atoms with E-state index >= 15 is 0 Å². The molecule has 1 aromatic heterocycles. The number of rotatable bonds is 9. The number of carboxylic acid groups (broad SMARTS) is 1. The summed E-state index contributed by atoms with van der Waals surface area (Å²) in [5, 5.41) is 23.8. The maximum atomic E-state index is 10.7. The van der Waals surface area contributed by atoms with Crippen LogP contribution in [0.25, 0.3) is 0 Å². The summed E-state index contributed by atoms with van der Waals surface area (Å²) in [5.74, 6) is 2.18. The quantitative estimate of drug-likeness (QED) is 0.454. The number of benzene rings is 2. The van der Waals surface area contributed by atoms with Gasteiger partial charge in [-0.05, 0) is 54.8 Å². The molecule has 3 aromatic rings. The number of methoxy groups -OCH3 is 1. The predicted molar refractivity (Wildman–Crippen MR) is 120 cm³/mol. The molecule has 164 valence electrons. The Morgan fingerprint density at radius 1 is 1.09 bits per heavy atom. The molecular weight excluding hydrogens is 408 g/mol. The third-order valence-electron chi connectivity index (χ3n) is 4.62. The van der Waals surface area contributed by atoms with Crippen LogP contribution >= 0.6 is 0 Å². The largest absolute Gasteiger partial charge is 0.497 e. The lowest BCUT2D eigenvalue weighted by Crippen LogP contribution is -2.32. The van der Waals surface area contributed by atoms with Gasteiger partial charge < -0.3 is 25.2 Å². The lowest BCUT2D eigenvalue weighted by atomic mass is 10.1. The van der Waals surface area contributed by atoms with E-state index in [0.717, 1.165) is 16.9 Å². The second-order valence-corrected chi connectivity index (χ2v) is 7.19. The lowest BCUT2D eigenvalue weighted by Gasteiger charge is -2.12. The van der Waals surface area contributed by atoms with Gasteiger partial charge in [0.25, 0.3) is 0 Å². The van der Waals surface area contributed by atoms with Gasteiger partial charge in [-0.3, -0.25) is 0 Å². The average Bonchev–Trinajstić information content (AvgIpc) is 2.78. The van der Waals surface area contributed by atoms with Gasteiger partial charge >= 0.3 is 6.09 Å². The highest BCUT2D eigenvalue weighted by molar-refractivity contribution is 5.64. The summed E-state index contributed by atoms with van der Waals surface area (Å²) in [6.07, 6.45) is -0.480. The highest BCUT2D eigenvalue weighted by atomic mass is 16.5. The van der Waals surface area contributed by atoms with Crippen LogP contribution in [0.4, 0.5) is 10.6 Å². The first-order valence-corrected chi connectivity index (χ1v) is 10.0. The molecule has 0 bridgehead atoms. The van der Waals surface area contributed by atoms with E-state index in [1.54, 1.807) is 38.3 Å². The van der Waals surface area contributed by atoms with E-state index in [1.807, 2.05) is 36.4 Å². The smallest absolute Gasteiger partial charge is 0.404 e. The zero-order chi connectivity index (χ0) is 22.9. The van der Waals surface area contributed by atoms with Crippen LogP contribution in [0.15, 0.2) is 60.7 Å². The summed E-state index contributed by atoms with van der Waals surface area (Å²) in [7, 11) is 1.62. The summed E-state index contributed by atoms with van der Waals surface area (Å²) in [6, 6.07) is 20.1. The number of nitrogens with one attached hydrogen (secondary N) is 2. The van der Waals surface area contributed by atoms with Crippen molar-refractivity contribution in [2.45, 2.75) is 25.9 Å². The van der Waals surface area contributed by atoms with E-state index in [4.69, 9.17) is 14.6 Å². The van der Waals surface area contributed by atoms with Gasteiger partial charge in [0, 0.05) is 18.7 Å². The number of pyridine rings is 1. The number of anilines is 1. The van der Waals surface area contributed by atoms with Crippen LogP contribution < -0.4 is 20.1 Å². The van der Waals surface area contributed by atoms with Crippen molar-refractivity contribution >= 4 is 11.9 Å². The molecule has 8 heteroatoms. The number of nitriles is 1. The molecular formula is C24H24N4O4. The number of hydrogen-bond acceptors (Lipinski definition) is 6. The van der Waals surface area contributed by atoms with Crippen molar-refractivity contribution in [2.75, 3.05) is 12.4 Å². The van der Waals surface area contributed by atoms with Crippen molar-refractivity contribution in [1.82, 2.24) is 10.3 Å². The number of carbonyl (C=O) groups is 1. The molecule has 0 aliphatic rings. The number of ether oxygens (including phenoxy) is 2. The Labute approximate surface area is 186 Å². The monoisotopic (exact) mass is 432 g/mol. The van der Waals surface area contributed by atoms with Gasteiger partial charge in [0.05, 0.1) is 18.7 Å². The molecule has 2 aromatic carbocycles. The molecule has 1 atom stereocenters. The Morgan fingerprint density at radius 2 is 1.75 bits per heavy atom. The molecule has 3 rings (SSSR count). The van der Waals surface area contributed by atoms with E-state index in [1.165, 1.54) is 0 Å². The Morgan fingerprint density at radius 3 is 2.38 bits per heavy atom. The van der Waals surface area contributed by atoms with Crippen molar-refractivity contribution in [3.8, 4) is 23.4 Å². The van der Waals surface area contributed by atoms with Crippen molar-refractivity contribution in [1.29, 1.82) is 5.26 Å². The average molecular weight is 432 g/mol. The van der Waals surface area contributed by atoms with Crippen LogP contribution in [0.5, 0.6) is 17.4 Å². The molecule has 0 radical (unpaired) electrons. The van der Waals surface area contributed by atoms with Crippen molar-refractivity contribution in [3.05, 3.63) is 77.4 Å². The minimum absolute atomic E-state index is 0.201. The van der Waals surface area contributed by atoms with E-state index in [0.29, 0.717) is 36.0 Å². The zero-order valence-electron chi connectivity index (χ0n) is 17.8. The highest BCUT2D eigenvalue weighted by Crippen LogP contribution is 2.24. The van der Waals surface area contributed by atoms with E-state index in [9.17, 15) is 10.1 Å². The Hall–Kier alpha value is -4.25. The molecule has 0 aliphatic carbocycles. The highest BCUT2D eigenvalue weighted by Gasteiger charge is 2.08. The molecule has 0 saturated carbocycles. The maximum Gasteiger partial charge on any atom is 0.404 e. The van der Waals surface area contributed by atoms with Gasteiger partial charge in [0.1, 0.15) is 17.3 Å². The van der Waals surface area contributed by atoms with E-state index in [2.05, 4.69) is 21.7 Å². The fraction of sp³-hybridized carbons (Fsp3) is 0.208. The Balaban J connectivity index is 1.65. The first-order chi connectivity index (χ1) is 15.4. The van der Waals surface area contributed by atoms with Crippen LogP contribution in [0.3, 0.4) is 0 Å². The third kappa shape index (κ3) is 6.64. The molecule has 3 N–H and O–H groups in total. The van der Waals surface area contributed by atoms with Gasteiger partial charge in [0.15, 0.2) is 0 Å². The minimum Gasteiger partial charge on any atom is -0.497 e. The summed E-state index contributed by atoms with van der Waals surface area (Å²) in [4.78, 5) is 15.2. The molecule has 0 fully saturated rings. The lowest BCUT2D eigenvalue weighted by molar-refractivity contribution is 0.190. The Bertz CT molecular complexity index is 1090. The van der Waals surface area contributed by atoms with E-state index < -0.39 is 6.09 Å². The minimum atomic E-state index is -1.04. The second-order valence-electron chi connectivity index (χ2n) is 7.19. The van der Waals surface area contributed by atoms with E-state index in [-0.39, 0.29) is 6.04 Å². The summed E-state index contributed by atoms with van der Waals surface area (Å²) >= 11 is 0. The molecule has 0 aliphatic heterocycles. The number of hydrogen-bond donors (Lipinski definition) is 3. The number of aromatic nitrogens is 1. The topological polar surface area (TPSA) is 116 Å². The SMILES string of the molecule is COc1ccc(CNc2cc(C#N)cc(Oc3ccc(CC(C)NC(=O)O)cc3)n2)cc1. The first kappa shape index (κ1) is 22.4. The van der Waals surface area contributed by atoms with Gasteiger partial charge in [-0.25, -0.2) is 4.79 Å². The molecule has 8 nitrogen and oxygen atoms in total. The molecule has 1 unspecified atom stereocenters. The van der Waals surface area contributed by atoms with Crippen LogP contribution in [0, 0.1) is 11.3 Å². The molecule has 1 amide bonds. The fourth-order valence-electron chi connectivity index (χ4n) is 3.08. The van der Waals surface area contributed by atoms with Crippen molar-refractivity contribution in [3.63, 3.8) is 0 Å². The zero-order valence-corrected chi connectivity index (χ0v) is 17.8. The summed E-state index contributed by atoms with van der Waals surface area (Å²) < 4.78 is 11.0. The molecule has 0 saturated heterocycles. The molecule has 0 spiro atoms. The molecule has 32 heavy (non-hydrogen) atoms. The van der Waals surface area contributed by atoms with Crippen molar-refractivity contribution in [2.24, 2.45) is 0 Å². The van der Waals surface area contributed by atoms with Gasteiger partial charge in [-0.2, -0.15) is 10.2 Å². The fourth-order valence-corrected chi connectivity index (χ4v) is 3.08. The first-order valence-electron chi connectivity index (χ1n) is 10.0. The second kappa shape index (κ2) is 10.7. The van der Waals surface area contributed by atoms with Crippen LogP contribution in [-0.2, 0) is 13.0 Å². The van der Waals surface area contributed by atoms with Crippen LogP contribution in [0.1, 0.15) is 23.6 Å². The van der Waals surface area contributed by atoms with Crippen molar-refractivity contribution < 1.29 is 19.4 Å². The van der Waals surface area contributed by atoms with Crippen LogP contribution in [-0.4, -0.2) is 29.3 Å². The van der Waals surface area contributed by atoms with Crippen LogP contribution in [0.2, 0.25) is 0 Å². The summed E-state index contributed by atoms with van der Waals surface area (Å²) in [5.41, 5.74) is 2.44.